The van der Waals surface area contributed by atoms with Gasteiger partial charge in [-0.3, -0.25) is 9.48 Å². The summed E-state index contributed by atoms with van der Waals surface area (Å²) in [6, 6.07) is 1.97. The van der Waals surface area contributed by atoms with Crippen molar-refractivity contribution in [3.8, 4) is 0 Å². The molecule has 0 unspecified atom stereocenters. The highest BCUT2D eigenvalue weighted by atomic mass is 79.9. The van der Waals surface area contributed by atoms with Crippen LogP contribution in [-0.4, -0.2) is 26.5 Å². The summed E-state index contributed by atoms with van der Waals surface area (Å²) in [5.74, 6) is 0. The van der Waals surface area contributed by atoms with E-state index in [1.807, 2.05) is 17.8 Å². The molecule has 2 heterocycles. The van der Waals surface area contributed by atoms with E-state index in [2.05, 4.69) is 36.5 Å². The van der Waals surface area contributed by atoms with E-state index in [0.717, 1.165) is 12.1 Å². The van der Waals surface area contributed by atoms with Crippen LogP contribution in [0.5, 0.6) is 0 Å². The van der Waals surface area contributed by atoms with Crippen molar-refractivity contribution in [1.82, 2.24) is 20.0 Å². The van der Waals surface area contributed by atoms with E-state index >= 15 is 0 Å². The summed E-state index contributed by atoms with van der Waals surface area (Å²) in [5.41, 5.74) is 1.58. The molecule has 7 heteroatoms. The largest absolute Gasteiger partial charge is 0.382 e. The first-order valence-electron chi connectivity index (χ1n) is 5.12. The van der Waals surface area contributed by atoms with Crippen molar-refractivity contribution in [2.45, 2.75) is 6.42 Å². The third kappa shape index (κ3) is 2.73. The van der Waals surface area contributed by atoms with Gasteiger partial charge >= 0.3 is 0 Å². The van der Waals surface area contributed by atoms with Crippen LogP contribution in [0.15, 0.2) is 27.7 Å². The van der Waals surface area contributed by atoms with Crippen LogP contribution < -0.4 is 10.9 Å². The third-order valence-electron chi connectivity index (χ3n) is 2.41. The Hall–Kier alpha value is -1.63. The molecule has 90 valence electrons. The zero-order valence-electron chi connectivity index (χ0n) is 9.27. The van der Waals surface area contributed by atoms with Crippen LogP contribution in [0, 0.1) is 0 Å². The number of anilines is 1. The highest BCUT2D eigenvalue weighted by Crippen LogP contribution is 2.14. The number of aromatic nitrogens is 4. The minimum absolute atomic E-state index is 0.240. The molecule has 0 aliphatic heterocycles. The van der Waals surface area contributed by atoms with Crippen LogP contribution in [0.3, 0.4) is 0 Å². The Morgan fingerprint density at radius 2 is 2.41 bits per heavy atom. The molecule has 17 heavy (non-hydrogen) atoms. The van der Waals surface area contributed by atoms with E-state index in [0.29, 0.717) is 16.7 Å². The lowest BCUT2D eigenvalue weighted by molar-refractivity contribution is 0.711. The van der Waals surface area contributed by atoms with Gasteiger partial charge < -0.3 is 5.32 Å². The fourth-order valence-corrected chi connectivity index (χ4v) is 1.81. The SMILES string of the molecule is Cn1nccc1CCNc1cn[nH]c(=O)c1Br. The van der Waals surface area contributed by atoms with E-state index in [9.17, 15) is 4.79 Å². The molecule has 0 aliphatic carbocycles. The second-order valence-electron chi connectivity index (χ2n) is 3.55. The molecule has 6 nitrogen and oxygen atoms in total. The summed E-state index contributed by atoms with van der Waals surface area (Å²) in [6.07, 6.45) is 4.17. The topological polar surface area (TPSA) is 75.6 Å². The van der Waals surface area contributed by atoms with Crippen LogP contribution in [0.25, 0.3) is 0 Å². The normalized spacial score (nSPS) is 10.5. The van der Waals surface area contributed by atoms with E-state index in [-0.39, 0.29) is 5.56 Å². The number of aromatic amines is 1. The lowest BCUT2D eigenvalue weighted by atomic mass is 10.3. The Morgan fingerprint density at radius 1 is 1.59 bits per heavy atom. The molecule has 2 aromatic rings. The molecule has 0 radical (unpaired) electrons. The molecule has 0 aliphatic rings. The highest BCUT2D eigenvalue weighted by molar-refractivity contribution is 9.10. The molecule has 0 saturated carbocycles. The minimum atomic E-state index is -0.240. The monoisotopic (exact) mass is 297 g/mol. The standard InChI is InChI=1S/C10H12BrN5O/c1-16-7(3-5-14-16)2-4-12-8-6-13-15-10(17)9(8)11/h3,5-6H,2,4H2,1H3,(H2,12,15,17). The van der Waals surface area contributed by atoms with Crippen molar-refractivity contribution in [3.63, 3.8) is 0 Å². The van der Waals surface area contributed by atoms with Gasteiger partial charge in [-0.25, -0.2) is 5.10 Å². The Kier molecular flexibility index (Phi) is 3.58. The number of hydrogen-bond acceptors (Lipinski definition) is 4. The number of aryl methyl sites for hydroxylation is 1. The zero-order valence-corrected chi connectivity index (χ0v) is 10.9. The molecule has 0 atom stereocenters. The maximum Gasteiger partial charge on any atom is 0.280 e. The van der Waals surface area contributed by atoms with Gasteiger partial charge in [0.1, 0.15) is 4.47 Å². The van der Waals surface area contributed by atoms with Gasteiger partial charge in [-0.1, -0.05) is 0 Å². The Labute approximate surface area is 106 Å². The van der Waals surface area contributed by atoms with Crippen molar-refractivity contribution in [1.29, 1.82) is 0 Å². The quantitative estimate of drug-likeness (QED) is 0.880. The second-order valence-corrected chi connectivity index (χ2v) is 4.34. The van der Waals surface area contributed by atoms with Crippen LogP contribution in [0.2, 0.25) is 0 Å². The van der Waals surface area contributed by atoms with Gasteiger partial charge in [-0.2, -0.15) is 10.2 Å². The lowest BCUT2D eigenvalue weighted by Crippen LogP contribution is -2.14. The molecular formula is C10H12BrN5O. The predicted octanol–water partition coefficient (Wildman–Crippen LogP) is 0.920. The van der Waals surface area contributed by atoms with Crippen molar-refractivity contribution >= 4 is 21.6 Å². The number of nitrogens with one attached hydrogen (secondary N) is 2. The predicted molar refractivity (Wildman–Crippen MR) is 68.0 cm³/mol. The average molecular weight is 298 g/mol. The molecule has 0 bridgehead atoms. The van der Waals surface area contributed by atoms with E-state index in [1.165, 1.54) is 0 Å². The van der Waals surface area contributed by atoms with Crippen LogP contribution >= 0.6 is 15.9 Å². The van der Waals surface area contributed by atoms with Crippen LogP contribution in [0.4, 0.5) is 5.69 Å². The summed E-state index contributed by atoms with van der Waals surface area (Å²) >= 11 is 3.21. The maximum absolute atomic E-state index is 11.3. The average Bonchev–Trinajstić information content (AvgIpc) is 2.71. The van der Waals surface area contributed by atoms with E-state index in [4.69, 9.17) is 0 Å². The maximum atomic E-state index is 11.3. The molecule has 0 aromatic carbocycles. The van der Waals surface area contributed by atoms with Crippen molar-refractivity contribution in [2.75, 3.05) is 11.9 Å². The van der Waals surface area contributed by atoms with Crippen LogP contribution in [0.1, 0.15) is 5.69 Å². The van der Waals surface area contributed by atoms with Gasteiger partial charge in [0.2, 0.25) is 0 Å². The fraction of sp³-hybridized carbons (Fsp3) is 0.300. The molecular weight excluding hydrogens is 286 g/mol. The summed E-state index contributed by atoms with van der Waals surface area (Å²) in [4.78, 5) is 11.3. The lowest BCUT2D eigenvalue weighted by Gasteiger charge is -2.07. The number of halogens is 1. The summed E-state index contributed by atoms with van der Waals surface area (Å²) in [7, 11) is 1.90. The van der Waals surface area contributed by atoms with E-state index in [1.54, 1.807) is 12.4 Å². The Bertz CT molecular complexity index is 562. The summed E-state index contributed by atoms with van der Waals surface area (Å²) in [6.45, 7) is 0.712. The molecule has 2 rings (SSSR count). The minimum Gasteiger partial charge on any atom is -0.382 e. The second kappa shape index (κ2) is 5.13. The third-order valence-corrected chi connectivity index (χ3v) is 3.20. The van der Waals surface area contributed by atoms with Crippen molar-refractivity contribution in [2.24, 2.45) is 7.05 Å². The van der Waals surface area contributed by atoms with Gasteiger partial charge in [0, 0.05) is 31.9 Å². The van der Waals surface area contributed by atoms with Gasteiger partial charge in [-0.15, -0.1) is 0 Å². The van der Waals surface area contributed by atoms with Crippen molar-refractivity contribution in [3.05, 3.63) is 39.0 Å². The van der Waals surface area contributed by atoms with Gasteiger partial charge in [0.25, 0.3) is 5.56 Å². The molecule has 0 spiro atoms. The number of rotatable bonds is 4. The van der Waals surface area contributed by atoms with Crippen molar-refractivity contribution < 1.29 is 0 Å². The highest BCUT2D eigenvalue weighted by Gasteiger charge is 2.04. The molecule has 0 saturated heterocycles. The van der Waals surface area contributed by atoms with E-state index < -0.39 is 0 Å². The van der Waals surface area contributed by atoms with Gasteiger partial charge in [-0.05, 0) is 22.0 Å². The van der Waals surface area contributed by atoms with Gasteiger partial charge in [0.15, 0.2) is 0 Å². The summed E-state index contributed by atoms with van der Waals surface area (Å²) in [5, 5.41) is 13.3. The smallest absolute Gasteiger partial charge is 0.280 e. The molecule has 0 amide bonds. The number of nitrogens with zero attached hydrogens (tertiary/aromatic N) is 3. The number of hydrogen-bond donors (Lipinski definition) is 2. The van der Waals surface area contributed by atoms with Crippen LogP contribution in [-0.2, 0) is 13.5 Å². The first-order valence-corrected chi connectivity index (χ1v) is 5.91. The first kappa shape index (κ1) is 11.8. The number of H-pyrrole nitrogens is 1. The Morgan fingerprint density at radius 3 is 3.12 bits per heavy atom. The molecule has 2 N–H and O–H groups in total. The molecule has 0 fully saturated rings. The Balaban J connectivity index is 1.97. The fourth-order valence-electron chi connectivity index (χ4n) is 1.48. The van der Waals surface area contributed by atoms with Gasteiger partial charge in [0.05, 0.1) is 11.9 Å². The molecule has 2 aromatic heterocycles. The zero-order chi connectivity index (χ0) is 12.3. The first-order chi connectivity index (χ1) is 8.18. The summed E-state index contributed by atoms with van der Waals surface area (Å²) < 4.78 is 2.30.